The van der Waals surface area contributed by atoms with Gasteiger partial charge in [0.1, 0.15) is 11.6 Å². The molecule has 1 aliphatic heterocycles. The van der Waals surface area contributed by atoms with E-state index in [2.05, 4.69) is 10.0 Å². The van der Waals surface area contributed by atoms with Crippen molar-refractivity contribution in [1.82, 2.24) is 9.62 Å². The third-order valence-corrected chi connectivity index (χ3v) is 4.80. The second-order valence-corrected chi connectivity index (χ2v) is 7.87. The van der Waals surface area contributed by atoms with E-state index in [1.54, 1.807) is 0 Å². The first-order chi connectivity index (χ1) is 11.6. The number of nitrogens with zero attached hydrogens (tertiary/aromatic N) is 1. The monoisotopic (exact) mass is 377 g/mol. The van der Waals surface area contributed by atoms with Crippen molar-refractivity contribution in [1.29, 1.82) is 0 Å². The van der Waals surface area contributed by atoms with Crippen molar-refractivity contribution in [3.63, 3.8) is 0 Å². The molecule has 0 spiro atoms. The quantitative estimate of drug-likeness (QED) is 0.787. The molecule has 1 aliphatic rings. The molecule has 25 heavy (non-hydrogen) atoms. The van der Waals surface area contributed by atoms with Crippen molar-refractivity contribution in [2.45, 2.75) is 18.4 Å². The summed E-state index contributed by atoms with van der Waals surface area (Å²) in [5.74, 6) is -1.43. The predicted octanol–water partition coefficient (Wildman–Crippen LogP) is 1.53. The molecule has 2 rings (SSSR count). The third-order valence-electron chi connectivity index (χ3n) is 4.00. The van der Waals surface area contributed by atoms with Gasteiger partial charge >= 0.3 is 6.03 Å². The first-order valence-electron chi connectivity index (χ1n) is 7.63. The van der Waals surface area contributed by atoms with Gasteiger partial charge in [0, 0.05) is 32.9 Å². The zero-order valence-corrected chi connectivity index (χ0v) is 14.8. The number of amides is 2. The summed E-state index contributed by atoms with van der Waals surface area (Å²) in [6.07, 6.45) is 1.82. The fraction of sp³-hybridized carbons (Fsp3) is 0.533. The fourth-order valence-corrected chi connectivity index (χ4v) is 3.92. The molecule has 0 saturated carbocycles. The summed E-state index contributed by atoms with van der Waals surface area (Å²) in [5.41, 5.74) is -1.11. The average molecular weight is 377 g/mol. The lowest BCUT2D eigenvalue weighted by Crippen LogP contribution is -2.51. The molecular formula is C15H21F2N3O4S. The Hall–Kier alpha value is -1.78. The van der Waals surface area contributed by atoms with Crippen LogP contribution in [0.4, 0.5) is 19.3 Å². The highest BCUT2D eigenvalue weighted by molar-refractivity contribution is 7.88. The summed E-state index contributed by atoms with van der Waals surface area (Å²) < 4.78 is 57.7. The molecular weight excluding hydrogens is 356 g/mol. The van der Waals surface area contributed by atoms with Gasteiger partial charge in [-0.1, -0.05) is 0 Å². The van der Waals surface area contributed by atoms with Crippen molar-refractivity contribution < 1.29 is 26.7 Å². The van der Waals surface area contributed by atoms with E-state index in [-0.39, 0.29) is 18.8 Å². The Morgan fingerprint density at radius 3 is 2.76 bits per heavy atom. The van der Waals surface area contributed by atoms with Crippen molar-refractivity contribution in [2.75, 3.05) is 38.4 Å². The topological polar surface area (TPSA) is 87.7 Å². The molecule has 0 aliphatic carbocycles. The number of methoxy groups -OCH3 is 1. The number of hydrogen-bond acceptors (Lipinski definition) is 4. The second kappa shape index (κ2) is 7.63. The number of carbonyl (C=O) groups excluding carboxylic acids is 1. The van der Waals surface area contributed by atoms with Crippen LogP contribution >= 0.6 is 0 Å². The molecule has 0 aromatic heterocycles. The molecule has 2 N–H and O–H groups in total. The van der Waals surface area contributed by atoms with Gasteiger partial charge in [0.15, 0.2) is 0 Å². The molecule has 7 nitrogen and oxygen atoms in total. The van der Waals surface area contributed by atoms with Gasteiger partial charge in [0.05, 0.1) is 17.5 Å². The number of urea groups is 1. The first kappa shape index (κ1) is 19.5. The van der Waals surface area contributed by atoms with Gasteiger partial charge in [0.2, 0.25) is 10.0 Å². The van der Waals surface area contributed by atoms with E-state index in [1.165, 1.54) is 12.0 Å². The summed E-state index contributed by atoms with van der Waals surface area (Å²) >= 11 is 0. The zero-order chi connectivity index (χ0) is 18.7. The Bertz CT molecular complexity index is 744. The van der Waals surface area contributed by atoms with Gasteiger partial charge in [-0.15, -0.1) is 0 Å². The van der Waals surface area contributed by atoms with Crippen LogP contribution in [0.3, 0.4) is 0 Å². The van der Waals surface area contributed by atoms with E-state index in [0.29, 0.717) is 19.4 Å². The third kappa shape index (κ3) is 5.35. The number of benzene rings is 1. The minimum Gasteiger partial charge on any atom is -0.385 e. The normalized spacial score (nSPS) is 20.7. The van der Waals surface area contributed by atoms with Gasteiger partial charge in [-0.05, 0) is 25.0 Å². The number of likely N-dealkylation sites (tertiary alicyclic amines) is 1. The minimum absolute atomic E-state index is 0.103. The van der Waals surface area contributed by atoms with Crippen LogP contribution in [0.2, 0.25) is 0 Å². The summed E-state index contributed by atoms with van der Waals surface area (Å²) in [4.78, 5) is 13.7. The SMILES string of the molecule is COCCC1(NS(C)(=O)=O)CCN(C(=O)Nc2cc(F)ccc2F)C1. The number of rotatable bonds is 6. The van der Waals surface area contributed by atoms with Crippen LogP contribution < -0.4 is 10.0 Å². The molecule has 1 saturated heterocycles. The number of anilines is 1. The van der Waals surface area contributed by atoms with Gasteiger partial charge in [-0.3, -0.25) is 0 Å². The molecule has 0 radical (unpaired) electrons. The summed E-state index contributed by atoms with van der Waals surface area (Å²) in [5, 5.41) is 2.31. The first-order valence-corrected chi connectivity index (χ1v) is 9.52. The molecule has 1 unspecified atom stereocenters. The lowest BCUT2D eigenvalue weighted by molar-refractivity contribution is 0.162. The molecule has 0 bridgehead atoms. The van der Waals surface area contributed by atoms with E-state index in [4.69, 9.17) is 4.74 Å². The molecule has 1 heterocycles. The molecule has 2 amide bonds. The van der Waals surface area contributed by atoms with Crippen LogP contribution in [0.1, 0.15) is 12.8 Å². The van der Waals surface area contributed by atoms with Crippen LogP contribution in [0.25, 0.3) is 0 Å². The van der Waals surface area contributed by atoms with Gasteiger partial charge in [0.25, 0.3) is 0 Å². The number of sulfonamides is 1. The van der Waals surface area contributed by atoms with Crippen LogP contribution in [0.5, 0.6) is 0 Å². The molecule has 1 fully saturated rings. The van der Waals surface area contributed by atoms with Crippen molar-refractivity contribution in [3.8, 4) is 0 Å². The summed E-state index contributed by atoms with van der Waals surface area (Å²) in [7, 11) is -1.99. The molecule has 10 heteroatoms. The summed E-state index contributed by atoms with van der Waals surface area (Å²) in [6.45, 7) is 0.692. The van der Waals surface area contributed by atoms with E-state index in [0.717, 1.165) is 24.5 Å². The Balaban J connectivity index is 2.10. The lowest BCUT2D eigenvalue weighted by Gasteiger charge is -2.29. The van der Waals surface area contributed by atoms with E-state index in [1.807, 2.05) is 0 Å². The van der Waals surface area contributed by atoms with Crippen molar-refractivity contribution in [3.05, 3.63) is 29.8 Å². The van der Waals surface area contributed by atoms with E-state index < -0.39 is 33.2 Å². The Labute approximate surface area is 145 Å². The van der Waals surface area contributed by atoms with Crippen molar-refractivity contribution >= 4 is 21.7 Å². The van der Waals surface area contributed by atoms with Crippen LogP contribution in [-0.4, -0.2) is 57.9 Å². The molecule has 140 valence electrons. The van der Waals surface area contributed by atoms with E-state index >= 15 is 0 Å². The summed E-state index contributed by atoms with van der Waals surface area (Å²) in [6, 6.07) is 2.13. The van der Waals surface area contributed by atoms with E-state index in [9.17, 15) is 22.0 Å². The smallest absolute Gasteiger partial charge is 0.321 e. The Kier molecular flexibility index (Phi) is 5.96. The largest absolute Gasteiger partial charge is 0.385 e. The standard InChI is InChI=1S/C15H21F2N3O4S/c1-24-8-6-15(19-25(2,22)23)5-7-20(10-15)14(21)18-13-9-11(16)3-4-12(13)17/h3-4,9,19H,5-8,10H2,1-2H3,(H,18,21). The number of halogens is 2. The maximum atomic E-state index is 13.6. The van der Waals surface area contributed by atoms with Gasteiger partial charge in [-0.25, -0.2) is 26.7 Å². The van der Waals surface area contributed by atoms with Crippen molar-refractivity contribution in [2.24, 2.45) is 0 Å². The minimum atomic E-state index is -3.49. The van der Waals surface area contributed by atoms with Crippen LogP contribution in [0.15, 0.2) is 18.2 Å². The van der Waals surface area contributed by atoms with Crippen LogP contribution in [0, 0.1) is 11.6 Å². The highest BCUT2D eigenvalue weighted by Gasteiger charge is 2.41. The number of nitrogens with one attached hydrogen (secondary N) is 2. The number of hydrogen-bond donors (Lipinski definition) is 2. The molecule has 1 aromatic rings. The van der Waals surface area contributed by atoms with Gasteiger partial charge < -0.3 is 15.0 Å². The highest BCUT2D eigenvalue weighted by Crippen LogP contribution is 2.27. The molecule has 1 aromatic carbocycles. The number of carbonyl (C=O) groups is 1. The fourth-order valence-electron chi connectivity index (χ4n) is 2.86. The average Bonchev–Trinajstić information content (AvgIpc) is 2.91. The maximum absolute atomic E-state index is 13.6. The lowest BCUT2D eigenvalue weighted by atomic mass is 9.96. The Morgan fingerprint density at radius 2 is 2.12 bits per heavy atom. The second-order valence-electron chi connectivity index (χ2n) is 6.12. The Morgan fingerprint density at radius 1 is 1.40 bits per heavy atom. The number of ether oxygens (including phenoxy) is 1. The highest BCUT2D eigenvalue weighted by atomic mass is 32.2. The van der Waals surface area contributed by atoms with Gasteiger partial charge in [-0.2, -0.15) is 0 Å². The maximum Gasteiger partial charge on any atom is 0.321 e. The zero-order valence-electron chi connectivity index (χ0n) is 14.0. The predicted molar refractivity (Wildman–Crippen MR) is 88.8 cm³/mol. The molecule has 1 atom stereocenters. The van der Waals surface area contributed by atoms with Crippen LogP contribution in [-0.2, 0) is 14.8 Å².